The van der Waals surface area contributed by atoms with E-state index in [9.17, 15) is 14.4 Å². The summed E-state index contributed by atoms with van der Waals surface area (Å²) < 4.78 is 0. The summed E-state index contributed by atoms with van der Waals surface area (Å²) in [5, 5.41) is 3.61. The number of nitrogens with zero attached hydrogens (tertiary/aromatic N) is 3. The van der Waals surface area contributed by atoms with Crippen LogP contribution in [0.1, 0.15) is 76.7 Å². The fourth-order valence-corrected chi connectivity index (χ4v) is 5.43. The zero-order valence-electron chi connectivity index (χ0n) is 19.4. The van der Waals surface area contributed by atoms with E-state index in [0.29, 0.717) is 42.1 Å². The molecule has 8 heteroatoms. The van der Waals surface area contributed by atoms with Gasteiger partial charge in [0.15, 0.2) is 5.13 Å². The third-order valence-corrected chi connectivity index (χ3v) is 7.60. The lowest BCUT2D eigenvalue weighted by molar-refractivity contribution is -0.116. The average Bonchev–Trinajstić information content (AvgIpc) is 3.26. The number of carbonyl (C=O) groups excluding carboxylic acids is 3. The molecule has 3 amide bonds. The van der Waals surface area contributed by atoms with Crippen molar-refractivity contribution >= 4 is 34.2 Å². The van der Waals surface area contributed by atoms with Gasteiger partial charge in [-0.2, -0.15) is 0 Å². The third-order valence-electron chi connectivity index (χ3n) is 6.55. The molecule has 7 nitrogen and oxygen atoms in total. The van der Waals surface area contributed by atoms with Gasteiger partial charge in [-0.1, -0.05) is 25.5 Å². The Bertz CT molecular complexity index is 991. The van der Waals surface area contributed by atoms with Gasteiger partial charge in [0.05, 0.1) is 16.8 Å². The van der Waals surface area contributed by atoms with Gasteiger partial charge >= 0.3 is 0 Å². The lowest BCUT2D eigenvalue weighted by atomic mass is 9.99. The van der Waals surface area contributed by atoms with Crippen LogP contribution in [0.4, 0.5) is 5.13 Å². The highest BCUT2D eigenvalue weighted by Gasteiger charge is 2.34. The second-order valence-corrected chi connectivity index (χ2v) is 10.2. The summed E-state index contributed by atoms with van der Waals surface area (Å²) >= 11 is 1.57. The molecule has 1 aromatic heterocycles. The summed E-state index contributed by atoms with van der Waals surface area (Å²) in [5.74, 6) is 0.332. The van der Waals surface area contributed by atoms with Crippen molar-refractivity contribution in [1.82, 2.24) is 14.8 Å². The first-order chi connectivity index (χ1) is 15.9. The Morgan fingerprint density at radius 2 is 1.76 bits per heavy atom. The molecule has 0 saturated carbocycles. The van der Waals surface area contributed by atoms with E-state index in [1.165, 1.54) is 22.6 Å². The molecule has 2 aliphatic heterocycles. The van der Waals surface area contributed by atoms with Crippen molar-refractivity contribution in [2.24, 2.45) is 5.92 Å². The van der Waals surface area contributed by atoms with Crippen molar-refractivity contribution in [2.45, 2.75) is 58.9 Å². The Hall–Kier alpha value is -2.58. The van der Waals surface area contributed by atoms with Crippen LogP contribution in [0.5, 0.6) is 0 Å². The highest BCUT2D eigenvalue weighted by atomic mass is 32.1. The quantitative estimate of drug-likeness (QED) is 0.433. The molecule has 0 unspecified atom stereocenters. The lowest BCUT2D eigenvalue weighted by Gasteiger charge is -2.29. The average molecular weight is 469 g/mol. The molecule has 0 atom stereocenters. The summed E-state index contributed by atoms with van der Waals surface area (Å²) in [6.45, 7) is 7.87. The van der Waals surface area contributed by atoms with Crippen molar-refractivity contribution in [3.8, 4) is 0 Å². The number of anilines is 1. The minimum atomic E-state index is -0.220. The second-order valence-electron chi connectivity index (χ2n) is 9.15. The number of amides is 3. The molecule has 176 valence electrons. The number of thiazole rings is 1. The monoisotopic (exact) mass is 468 g/mol. The number of nitrogens with one attached hydrogen (secondary N) is 1. The van der Waals surface area contributed by atoms with Gasteiger partial charge in [-0.15, -0.1) is 11.3 Å². The largest absolute Gasteiger partial charge is 0.302 e. The summed E-state index contributed by atoms with van der Waals surface area (Å²) in [6, 6.07) is 6.93. The molecule has 1 N–H and O–H groups in total. The Balaban J connectivity index is 1.16. The number of aromatic nitrogens is 1. The van der Waals surface area contributed by atoms with E-state index in [1.807, 2.05) is 6.92 Å². The van der Waals surface area contributed by atoms with Crippen LogP contribution in [-0.2, 0) is 11.3 Å². The van der Waals surface area contributed by atoms with Crippen LogP contribution in [0.15, 0.2) is 24.3 Å². The Morgan fingerprint density at radius 1 is 1.09 bits per heavy atom. The van der Waals surface area contributed by atoms with Crippen LogP contribution in [0, 0.1) is 12.8 Å². The van der Waals surface area contributed by atoms with Gasteiger partial charge in [0.2, 0.25) is 5.91 Å². The fraction of sp³-hybridized carbons (Fsp3) is 0.520. The van der Waals surface area contributed by atoms with Gasteiger partial charge < -0.3 is 5.32 Å². The Kier molecular flexibility index (Phi) is 7.55. The molecule has 1 saturated heterocycles. The predicted octanol–water partition coefficient (Wildman–Crippen LogP) is 4.48. The summed E-state index contributed by atoms with van der Waals surface area (Å²) in [7, 11) is 0. The number of likely N-dealkylation sites (tertiary alicyclic amines) is 1. The van der Waals surface area contributed by atoms with E-state index in [0.717, 1.165) is 37.7 Å². The smallest absolute Gasteiger partial charge is 0.261 e. The Labute approximate surface area is 199 Å². The SMILES string of the molecule is Cc1nc(NC(=O)CCCCCN2C(=O)c3ccccc3C2=O)sc1CN1CCC(C)CC1. The van der Waals surface area contributed by atoms with Crippen molar-refractivity contribution in [3.05, 3.63) is 46.0 Å². The maximum absolute atomic E-state index is 12.4. The third kappa shape index (κ3) is 5.68. The van der Waals surface area contributed by atoms with Crippen LogP contribution in [0.2, 0.25) is 0 Å². The fourth-order valence-electron chi connectivity index (χ4n) is 4.41. The number of hydrogen-bond donors (Lipinski definition) is 1. The van der Waals surface area contributed by atoms with Crippen molar-refractivity contribution in [3.63, 3.8) is 0 Å². The van der Waals surface area contributed by atoms with Gasteiger partial charge in [0.25, 0.3) is 11.8 Å². The maximum Gasteiger partial charge on any atom is 0.261 e. The molecule has 1 fully saturated rings. The highest BCUT2D eigenvalue weighted by Crippen LogP contribution is 2.27. The zero-order valence-corrected chi connectivity index (χ0v) is 20.2. The molecule has 4 rings (SSSR count). The van der Waals surface area contributed by atoms with Crippen molar-refractivity contribution in [1.29, 1.82) is 0 Å². The van der Waals surface area contributed by atoms with E-state index >= 15 is 0 Å². The number of fused-ring (bicyclic) bond motifs is 1. The standard InChI is InChI=1S/C25H32N4O3S/c1-17-11-14-28(15-12-17)16-21-18(2)26-25(33-21)27-22(30)10-4-3-7-13-29-23(31)19-8-5-6-9-20(19)24(29)32/h5-6,8-9,17H,3-4,7,10-16H2,1-2H3,(H,26,27,30). The van der Waals surface area contributed by atoms with Gasteiger partial charge in [0.1, 0.15) is 0 Å². The number of aryl methyl sites for hydroxylation is 1. The van der Waals surface area contributed by atoms with Crippen LogP contribution < -0.4 is 5.32 Å². The van der Waals surface area contributed by atoms with E-state index in [4.69, 9.17) is 0 Å². The molecule has 0 bridgehead atoms. The molecule has 3 heterocycles. The molecule has 2 aromatic rings. The number of piperidine rings is 1. The molecule has 0 radical (unpaired) electrons. The van der Waals surface area contributed by atoms with Crippen LogP contribution in [-0.4, -0.2) is 52.1 Å². The molecule has 0 spiro atoms. The van der Waals surface area contributed by atoms with Gasteiger partial charge in [-0.25, -0.2) is 4.98 Å². The number of carbonyl (C=O) groups is 3. The number of benzene rings is 1. The maximum atomic E-state index is 12.4. The normalized spacial score (nSPS) is 17.0. The zero-order chi connectivity index (χ0) is 23.4. The van der Waals surface area contributed by atoms with E-state index < -0.39 is 0 Å². The number of hydrogen-bond acceptors (Lipinski definition) is 6. The van der Waals surface area contributed by atoms with Crippen LogP contribution in [0.3, 0.4) is 0 Å². The van der Waals surface area contributed by atoms with Crippen molar-refractivity contribution < 1.29 is 14.4 Å². The minimum Gasteiger partial charge on any atom is -0.302 e. The number of imide groups is 1. The molecule has 1 aromatic carbocycles. The van der Waals surface area contributed by atoms with E-state index in [2.05, 4.69) is 22.1 Å². The predicted molar refractivity (Wildman–Crippen MR) is 129 cm³/mol. The molecular formula is C25H32N4O3S. The second kappa shape index (κ2) is 10.6. The van der Waals surface area contributed by atoms with Crippen molar-refractivity contribution in [2.75, 3.05) is 25.0 Å². The molecule has 2 aliphatic rings. The van der Waals surface area contributed by atoms with E-state index in [-0.39, 0.29) is 17.7 Å². The van der Waals surface area contributed by atoms with Gasteiger partial charge in [0, 0.05) is 24.4 Å². The first kappa shape index (κ1) is 23.6. The molecular weight excluding hydrogens is 436 g/mol. The number of rotatable bonds is 9. The van der Waals surface area contributed by atoms with Crippen LogP contribution in [0.25, 0.3) is 0 Å². The highest BCUT2D eigenvalue weighted by molar-refractivity contribution is 7.15. The summed E-state index contributed by atoms with van der Waals surface area (Å²) in [6.07, 6.45) is 5.06. The number of unbranched alkanes of at least 4 members (excludes halogenated alkanes) is 2. The van der Waals surface area contributed by atoms with Gasteiger partial charge in [-0.3, -0.25) is 24.2 Å². The first-order valence-electron chi connectivity index (χ1n) is 11.9. The summed E-state index contributed by atoms with van der Waals surface area (Å²) in [5.41, 5.74) is 1.96. The lowest BCUT2D eigenvalue weighted by Crippen LogP contribution is -2.32. The summed E-state index contributed by atoms with van der Waals surface area (Å²) in [4.78, 5) is 46.7. The molecule has 0 aliphatic carbocycles. The Morgan fingerprint density at radius 3 is 2.42 bits per heavy atom. The topological polar surface area (TPSA) is 82.6 Å². The first-order valence-corrected chi connectivity index (χ1v) is 12.7. The minimum absolute atomic E-state index is 0.0390. The molecule has 33 heavy (non-hydrogen) atoms. The van der Waals surface area contributed by atoms with Crippen LogP contribution >= 0.6 is 11.3 Å². The van der Waals surface area contributed by atoms with Gasteiger partial charge in [-0.05, 0) is 63.7 Å². The van der Waals surface area contributed by atoms with E-state index in [1.54, 1.807) is 35.6 Å².